The second kappa shape index (κ2) is 9.71. The highest BCUT2D eigenvalue weighted by Crippen LogP contribution is 2.58. The number of aromatic nitrogens is 1. The van der Waals surface area contributed by atoms with Crippen molar-refractivity contribution in [1.82, 2.24) is 5.16 Å². The van der Waals surface area contributed by atoms with E-state index in [1.165, 1.54) is 30.7 Å². The largest absolute Gasteiger partial charge is 0.386 e. The number of amides is 1. The van der Waals surface area contributed by atoms with Gasteiger partial charge in [0.2, 0.25) is 0 Å². The number of carbonyl (C=O) groups excluding carboxylic acids is 1. The number of anilines is 1. The molecule has 1 aromatic heterocycles. The standard InChI is InChI=1S/C26H25ClF2N2O6S/c1-13-6-16-8-18(10-19(13)26(16,34)24(32)15-11-30-37-12-15)38(35,36)23-7-14(2-4-20(23)27)25(33)31-17-3-5-21(28)22(29)9-17/h2-5,7,9,11-13,16,18-19,24,32,34H,6,8,10H2,1H3,(H,31,33)/t13-,16?,18?,19?,24?,26+/m0/s1. The first kappa shape index (κ1) is 26.7. The van der Waals surface area contributed by atoms with E-state index in [2.05, 4.69) is 10.5 Å². The molecule has 0 aliphatic heterocycles. The molecule has 202 valence electrons. The third kappa shape index (κ3) is 4.41. The van der Waals surface area contributed by atoms with Crippen LogP contribution in [0, 0.1) is 29.4 Å². The molecular weight excluding hydrogens is 542 g/mol. The van der Waals surface area contributed by atoms with Gasteiger partial charge in [0.25, 0.3) is 5.91 Å². The lowest BCUT2D eigenvalue weighted by atomic mass is 9.69. The number of fused-ring (bicyclic) bond motifs is 2. The molecule has 0 radical (unpaired) electrons. The Morgan fingerprint density at radius 2 is 1.95 bits per heavy atom. The van der Waals surface area contributed by atoms with Gasteiger partial charge in [-0.1, -0.05) is 23.7 Å². The summed E-state index contributed by atoms with van der Waals surface area (Å²) in [6.07, 6.45) is 1.99. The molecule has 1 amide bonds. The Morgan fingerprint density at radius 1 is 1.18 bits per heavy atom. The van der Waals surface area contributed by atoms with Gasteiger partial charge in [0.05, 0.1) is 21.4 Å². The van der Waals surface area contributed by atoms with Gasteiger partial charge < -0.3 is 20.1 Å². The number of rotatable bonds is 6. The summed E-state index contributed by atoms with van der Waals surface area (Å²) in [5.41, 5.74) is -1.27. The minimum atomic E-state index is -4.06. The zero-order valence-corrected chi connectivity index (χ0v) is 21.7. The van der Waals surface area contributed by atoms with Gasteiger partial charge in [-0.2, -0.15) is 0 Å². The number of aliphatic hydroxyl groups is 2. The number of benzene rings is 2. The molecule has 4 unspecified atom stereocenters. The molecule has 5 rings (SSSR count). The van der Waals surface area contributed by atoms with E-state index in [1.54, 1.807) is 0 Å². The topological polar surface area (TPSA) is 130 Å². The first-order valence-corrected chi connectivity index (χ1v) is 13.9. The monoisotopic (exact) mass is 566 g/mol. The second-order valence-corrected chi connectivity index (χ2v) is 12.7. The van der Waals surface area contributed by atoms with E-state index in [0.717, 1.165) is 18.2 Å². The third-order valence-corrected chi connectivity index (χ3v) is 10.6. The van der Waals surface area contributed by atoms with Crippen LogP contribution in [-0.4, -0.2) is 40.5 Å². The second-order valence-electron chi connectivity index (χ2n) is 10.1. The van der Waals surface area contributed by atoms with Gasteiger partial charge in [0.15, 0.2) is 21.5 Å². The van der Waals surface area contributed by atoms with Crippen molar-refractivity contribution in [3.8, 4) is 0 Å². The van der Waals surface area contributed by atoms with Gasteiger partial charge in [-0.25, -0.2) is 17.2 Å². The Kier molecular flexibility index (Phi) is 6.83. The number of halogens is 3. The number of aliphatic hydroxyl groups excluding tert-OH is 1. The van der Waals surface area contributed by atoms with Crippen molar-refractivity contribution < 1.29 is 36.7 Å². The molecule has 2 aliphatic carbocycles. The molecule has 3 N–H and O–H groups in total. The molecule has 3 aromatic rings. The number of nitrogens with zero attached hydrogens (tertiary/aromatic N) is 1. The minimum absolute atomic E-state index is 0.00299. The lowest BCUT2D eigenvalue weighted by Crippen LogP contribution is -2.52. The summed E-state index contributed by atoms with van der Waals surface area (Å²) >= 11 is 6.29. The lowest BCUT2D eigenvalue weighted by molar-refractivity contribution is -0.148. The van der Waals surface area contributed by atoms with E-state index in [-0.39, 0.29) is 39.9 Å². The van der Waals surface area contributed by atoms with Gasteiger partial charge in [0, 0.05) is 22.9 Å². The number of carbonyl (C=O) groups is 1. The number of sulfone groups is 1. The molecule has 8 nitrogen and oxygen atoms in total. The third-order valence-electron chi connectivity index (χ3n) is 7.98. The summed E-state index contributed by atoms with van der Waals surface area (Å²) in [6, 6.07) is 6.64. The van der Waals surface area contributed by atoms with E-state index in [1.807, 2.05) is 6.92 Å². The first-order chi connectivity index (χ1) is 17.9. The van der Waals surface area contributed by atoms with Crippen LogP contribution < -0.4 is 5.32 Å². The molecule has 0 saturated heterocycles. The molecule has 2 bridgehead atoms. The van der Waals surface area contributed by atoms with Crippen molar-refractivity contribution >= 4 is 33.0 Å². The Balaban J connectivity index is 1.41. The number of nitrogens with one attached hydrogen (secondary N) is 1. The molecule has 2 aromatic carbocycles. The fourth-order valence-electron chi connectivity index (χ4n) is 6.08. The van der Waals surface area contributed by atoms with Gasteiger partial charge >= 0.3 is 0 Å². The predicted octanol–water partition coefficient (Wildman–Crippen LogP) is 4.53. The molecule has 38 heavy (non-hydrogen) atoms. The van der Waals surface area contributed by atoms with Crippen LogP contribution in [0.4, 0.5) is 14.5 Å². The maximum atomic E-state index is 13.8. The summed E-state index contributed by atoms with van der Waals surface area (Å²) in [5.74, 6) is -4.03. The van der Waals surface area contributed by atoms with Crippen molar-refractivity contribution in [1.29, 1.82) is 0 Å². The van der Waals surface area contributed by atoms with Crippen LogP contribution in [-0.2, 0) is 9.84 Å². The van der Waals surface area contributed by atoms with Crippen molar-refractivity contribution in [2.45, 2.75) is 48.0 Å². The summed E-state index contributed by atoms with van der Waals surface area (Å²) in [7, 11) is -4.06. The highest BCUT2D eigenvalue weighted by molar-refractivity contribution is 7.92. The van der Waals surface area contributed by atoms with Crippen LogP contribution in [0.1, 0.15) is 48.2 Å². The van der Waals surface area contributed by atoms with Crippen LogP contribution in [0.5, 0.6) is 0 Å². The zero-order valence-electron chi connectivity index (χ0n) is 20.1. The highest BCUT2D eigenvalue weighted by Gasteiger charge is 2.62. The van der Waals surface area contributed by atoms with Gasteiger partial charge in [0.1, 0.15) is 18.0 Å². The predicted molar refractivity (Wildman–Crippen MR) is 133 cm³/mol. The first-order valence-electron chi connectivity index (χ1n) is 12.0. The van der Waals surface area contributed by atoms with E-state index in [4.69, 9.17) is 16.1 Å². The quantitative estimate of drug-likeness (QED) is 0.399. The van der Waals surface area contributed by atoms with Crippen LogP contribution >= 0.6 is 11.6 Å². The Hall–Kier alpha value is -2.86. The molecular formula is C26H25ClF2N2O6S. The van der Waals surface area contributed by atoms with Crippen molar-refractivity contribution in [2.24, 2.45) is 17.8 Å². The van der Waals surface area contributed by atoms with Crippen molar-refractivity contribution in [3.63, 3.8) is 0 Å². The fraction of sp³-hybridized carbons (Fsp3) is 0.385. The Morgan fingerprint density at radius 3 is 2.61 bits per heavy atom. The molecule has 12 heteroatoms. The molecule has 2 saturated carbocycles. The van der Waals surface area contributed by atoms with Crippen LogP contribution in [0.3, 0.4) is 0 Å². The Labute approximate surface area is 222 Å². The van der Waals surface area contributed by atoms with Crippen molar-refractivity contribution in [2.75, 3.05) is 5.32 Å². The van der Waals surface area contributed by atoms with E-state index in [9.17, 15) is 32.2 Å². The average molecular weight is 567 g/mol. The lowest BCUT2D eigenvalue weighted by Gasteiger charge is -2.45. The molecule has 2 fully saturated rings. The summed E-state index contributed by atoms with van der Waals surface area (Å²) in [5, 5.41) is 27.7. The van der Waals surface area contributed by atoms with Gasteiger partial charge in [-0.15, -0.1) is 0 Å². The summed E-state index contributed by atoms with van der Waals surface area (Å²) in [4.78, 5) is 12.5. The fourth-order valence-corrected chi connectivity index (χ4v) is 8.45. The Bertz CT molecular complexity index is 1480. The van der Waals surface area contributed by atoms with Gasteiger partial charge in [-0.3, -0.25) is 4.79 Å². The molecule has 0 spiro atoms. The summed E-state index contributed by atoms with van der Waals surface area (Å²) in [6.45, 7) is 1.92. The smallest absolute Gasteiger partial charge is 0.255 e. The van der Waals surface area contributed by atoms with E-state index >= 15 is 0 Å². The number of hydrogen-bond donors (Lipinski definition) is 3. The summed E-state index contributed by atoms with van der Waals surface area (Å²) < 4.78 is 59.1. The average Bonchev–Trinajstić information content (AvgIpc) is 3.44. The molecule has 6 atom stereocenters. The van der Waals surface area contributed by atoms with E-state index in [0.29, 0.717) is 12.0 Å². The van der Waals surface area contributed by atoms with Crippen LogP contribution in [0.15, 0.2) is 58.3 Å². The maximum Gasteiger partial charge on any atom is 0.255 e. The van der Waals surface area contributed by atoms with Crippen molar-refractivity contribution in [3.05, 3.63) is 76.6 Å². The maximum absolute atomic E-state index is 13.8. The highest BCUT2D eigenvalue weighted by atomic mass is 35.5. The normalized spacial score (nSPS) is 27.7. The van der Waals surface area contributed by atoms with E-state index < -0.39 is 56.2 Å². The molecule has 1 heterocycles. The zero-order chi connectivity index (χ0) is 27.4. The van der Waals surface area contributed by atoms with Crippen LogP contribution in [0.2, 0.25) is 5.02 Å². The SMILES string of the molecule is C[C@H]1CC2CC(S(=O)(=O)c3cc(C(=O)Nc4ccc(F)c(F)c4)ccc3Cl)CC1[C@@]2(O)C(O)c1cnoc1. The van der Waals surface area contributed by atoms with Gasteiger partial charge in [-0.05, 0) is 67.3 Å². The van der Waals surface area contributed by atoms with Crippen LogP contribution in [0.25, 0.3) is 0 Å². The number of hydrogen-bond acceptors (Lipinski definition) is 7. The molecule has 2 aliphatic rings. The minimum Gasteiger partial charge on any atom is -0.386 e.